The third-order valence-electron chi connectivity index (χ3n) is 6.46. The normalized spacial score (nSPS) is 10.6. The summed E-state index contributed by atoms with van der Waals surface area (Å²) >= 11 is 2.03. The molecule has 0 aliphatic heterocycles. The van der Waals surface area contributed by atoms with E-state index in [0.29, 0.717) is 39.3 Å². The zero-order valence-corrected chi connectivity index (χ0v) is 27.5. The molecule has 2 amide bonds. The van der Waals surface area contributed by atoms with E-state index in [1.165, 1.54) is 7.11 Å². The molecule has 4 aromatic rings. The van der Waals surface area contributed by atoms with Gasteiger partial charge in [0.05, 0.1) is 51.0 Å². The van der Waals surface area contributed by atoms with Crippen LogP contribution < -0.4 is 20.1 Å². The molecule has 0 saturated carbocycles. The van der Waals surface area contributed by atoms with Crippen LogP contribution in [0.5, 0.6) is 11.5 Å². The monoisotopic (exact) mass is 667 g/mol. The number of para-hydroxylation sites is 2. The average molecular weight is 668 g/mol. The van der Waals surface area contributed by atoms with Gasteiger partial charge in [-0.3, -0.25) is 14.2 Å². The predicted octanol–water partition coefficient (Wildman–Crippen LogP) is 4.67. The van der Waals surface area contributed by atoms with E-state index in [4.69, 9.17) is 18.9 Å². The number of thioether (sulfide) groups is 1. The van der Waals surface area contributed by atoms with E-state index in [1.54, 1.807) is 68.8 Å². The van der Waals surface area contributed by atoms with E-state index < -0.39 is 17.8 Å². The van der Waals surface area contributed by atoms with Gasteiger partial charge in [-0.2, -0.15) is 0 Å². The number of carbonyl (C=O) groups excluding carboxylic acids is 4. The van der Waals surface area contributed by atoms with Gasteiger partial charge >= 0.3 is 11.9 Å². The number of carbonyl (C=O) groups is 4. The van der Waals surface area contributed by atoms with Crippen molar-refractivity contribution in [1.29, 1.82) is 0 Å². The van der Waals surface area contributed by atoms with Crippen molar-refractivity contribution in [3.8, 4) is 17.2 Å². The molecule has 0 spiro atoms. The third kappa shape index (κ3) is 7.84. The lowest BCUT2D eigenvalue weighted by molar-refractivity contribution is -0.113. The number of amides is 2. The number of methoxy groups -OCH3 is 2. The minimum Gasteiger partial charge on any atom is -0.497 e. The maximum absolute atomic E-state index is 13.2. The maximum Gasteiger partial charge on any atom is 0.348 e. The number of hydrogen-bond acceptors (Lipinski definition) is 12. The van der Waals surface area contributed by atoms with Crippen molar-refractivity contribution in [3.05, 3.63) is 75.9 Å². The molecule has 2 N–H and O–H groups in total. The molecule has 2 heterocycles. The van der Waals surface area contributed by atoms with Crippen LogP contribution in [0.3, 0.4) is 0 Å². The fraction of sp³-hybridized carbons (Fsp3) is 0.290. The molecule has 4 rings (SSSR count). The SMILES string of the molecule is CCOC(=O)c1sc(NC(=O)CSc2nnc(CNC(=O)c3ccc(OC)cc3)n2-c2ccccc2OC)c(C(=O)OCC)c1C. The van der Waals surface area contributed by atoms with Crippen LogP contribution in [-0.4, -0.2) is 71.7 Å². The summed E-state index contributed by atoms with van der Waals surface area (Å²) in [5.74, 6) is -0.618. The summed E-state index contributed by atoms with van der Waals surface area (Å²) in [5.41, 5.74) is 1.50. The first-order chi connectivity index (χ1) is 22.2. The smallest absolute Gasteiger partial charge is 0.348 e. The van der Waals surface area contributed by atoms with Crippen molar-refractivity contribution in [3.63, 3.8) is 0 Å². The van der Waals surface area contributed by atoms with Gasteiger partial charge in [-0.1, -0.05) is 23.9 Å². The van der Waals surface area contributed by atoms with E-state index in [1.807, 2.05) is 12.1 Å². The molecular formula is C31H33N5O8S2. The van der Waals surface area contributed by atoms with E-state index in [9.17, 15) is 19.2 Å². The lowest BCUT2D eigenvalue weighted by atomic mass is 10.1. The first-order valence-corrected chi connectivity index (χ1v) is 15.9. The number of benzene rings is 2. The summed E-state index contributed by atoms with van der Waals surface area (Å²) < 4.78 is 22.7. The first-order valence-electron chi connectivity index (χ1n) is 14.1. The van der Waals surface area contributed by atoms with Gasteiger partial charge in [-0.15, -0.1) is 21.5 Å². The van der Waals surface area contributed by atoms with Gasteiger partial charge in [0.25, 0.3) is 5.91 Å². The van der Waals surface area contributed by atoms with Crippen LogP contribution in [0.15, 0.2) is 53.7 Å². The largest absolute Gasteiger partial charge is 0.497 e. The quantitative estimate of drug-likeness (QED) is 0.142. The minimum atomic E-state index is -0.660. The fourth-order valence-corrected chi connectivity index (χ4v) is 6.17. The van der Waals surface area contributed by atoms with Gasteiger partial charge in [-0.05, 0) is 62.7 Å². The third-order valence-corrected chi connectivity index (χ3v) is 8.57. The highest BCUT2D eigenvalue weighted by atomic mass is 32.2. The van der Waals surface area contributed by atoms with Crippen LogP contribution in [0.25, 0.3) is 5.69 Å². The number of ether oxygens (including phenoxy) is 4. The molecule has 13 nitrogen and oxygen atoms in total. The van der Waals surface area contributed by atoms with Crippen molar-refractivity contribution in [1.82, 2.24) is 20.1 Å². The summed E-state index contributed by atoms with van der Waals surface area (Å²) in [6, 6.07) is 13.9. The zero-order chi connectivity index (χ0) is 33.2. The molecule has 2 aromatic carbocycles. The van der Waals surface area contributed by atoms with Crippen molar-refractivity contribution in [2.24, 2.45) is 0 Å². The molecule has 0 aliphatic carbocycles. The summed E-state index contributed by atoms with van der Waals surface area (Å²) in [6.07, 6.45) is 0. The van der Waals surface area contributed by atoms with Crippen LogP contribution >= 0.6 is 23.1 Å². The molecule has 0 fully saturated rings. The van der Waals surface area contributed by atoms with Gasteiger partial charge in [0.15, 0.2) is 11.0 Å². The molecule has 0 aliphatic rings. The minimum absolute atomic E-state index is 0.0245. The van der Waals surface area contributed by atoms with Gasteiger partial charge in [-0.25, -0.2) is 9.59 Å². The highest BCUT2D eigenvalue weighted by molar-refractivity contribution is 7.99. The van der Waals surface area contributed by atoms with Crippen LogP contribution in [-0.2, 0) is 20.8 Å². The molecule has 0 radical (unpaired) electrons. The second kappa shape index (κ2) is 15.9. The van der Waals surface area contributed by atoms with Crippen LogP contribution in [0, 0.1) is 6.92 Å². The summed E-state index contributed by atoms with van der Waals surface area (Å²) in [4.78, 5) is 51.5. The Hall–Kier alpha value is -4.89. The number of nitrogens with one attached hydrogen (secondary N) is 2. The molecule has 46 heavy (non-hydrogen) atoms. The molecule has 15 heteroatoms. The van der Waals surface area contributed by atoms with Crippen LogP contribution in [0.1, 0.15) is 55.6 Å². The van der Waals surface area contributed by atoms with Gasteiger partial charge < -0.3 is 29.6 Å². The van der Waals surface area contributed by atoms with Crippen molar-refractivity contribution in [2.45, 2.75) is 32.5 Å². The topological polar surface area (TPSA) is 160 Å². The number of esters is 2. The van der Waals surface area contributed by atoms with Crippen LogP contribution in [0.2, 0.25) is 0 Å². The molecular weight excluding hydrogens is 635 g/mol. The molecule has 0 saturated heterocycles. The highest BCUT2D eigenvalue weighted by Crippen LogP contribution is 2.35. The maximum atomic E-state index is 13.2. The number of nitrogens with zero attached hydrogens (tertiary/aromatic N) is 3. The lowest BCUT2D eigenvalue weighted by Crippen LogP contribution is -2.24. The van der Waals surface area contributed by atoms with E-state index in [-0.39, 0.29) is 46.9 Å². The van der Waals surface area contributed by atoms with Crippen LogP contribution in [0.4, 0.5) is 5.00 Å². The number of anilines is 1. The second-order valence-electron chi connectivity index (χ2n) is 9.36. The van der Waals surface area contributed by atoms with Crippen molar-refractivity contribution in [2.75, 3.05) is 38.5 Å². The van der Waals surface area contributed by atoms with E-state index in [2.05, 4.69) is 20.8 Å². The Labute approximate surface area is 273 Å². The number of rotatable bonds is 14. The molecule has 0 bridgehead atoms. The Morgan fingerprint density at radius 2 is 1.61 bits per heavy atom. The molecule has 242 valence electrons. The Bertz CT molecular complexity index is 1720. The van der Waals surface area contributed by atoms with Gasteiger partial charge in [0, 0.05) is 5.56 Å². The van der Waals surface area contributed by atoms with Gasteiger partial charge in [0.1, 0.15) is 21.4 Å². The summed E-state index contributed by atoms with van der Waals surface area (Å²) in [6.45, 7) is 5.24. The Balaban J connectivity index is 1.56. The number of hydrogen-bond donors (Lipinski definition) is 2. The molecule has 0 atom stereocenters. The molecule has 0 unspecified atom stereocenters. The predicted molar refractivity (Wildman–Crippen MR) is 172 cm³/mol. The summed E-state index contributed by atoms with van der Waals surface area (Å²) in [7, 11) is 3.08. The Morgan fingerprint density at radius 1 is 0.913 bits per heavy atom. The lowest BCUT2D eigenvalue weighted by Gasteiger charge is -2.14. The van der Waals surface area contributed by atoms with Crippen molar-refractivity contribution >= 4 is 51.9 Å². The first kappa shape index (κ1) is 34.0. The average Bonchev–Trinajstić information content (AvgIpc) is 3.62. The molecule has 2 aromatic heterocycles. The highest BCUT2D eigenvalue weighted by Gasteiger charge is 2.28. The van der Waals surface area contributed by atoms with Crippen molar-refractivity contribution < 1.29 is 38.1 Å². The van der Waals surface area contributed by atoms with E-state index in [0.717, 1.165) is 23.1 Å². The Kier molecular flexibility index (Phi) is 11.8. The number of aromatic nitrogens is 3. The van der Waals surface area contributed by atoms with E-state index >= 15 is 0 Å². The van der Waals surface area contributed by atoms with Gasteiger partial charge in [0.2, 0.25) is 5.91 Å². The number of thiophene rings is 1. The Morgan fingerprint density at radius 3 is 2.28 bits per heavy atom. The fourth-order valence-electron chi connectivity index (χ4n) is 4.30. The summed E-state index contributed by atoms with van der Waals surface area (Å²) in [5, 5.41) is 14.7. The second-order valence-corrected chi connectivity index (χ2v) is 11.3. The zero-order valence-electron chi connectivity index (χ0n) is 25.9. The standard InChI is InChI=1S/C31H33N5O8S2/c1-6-43-29(39)25-18(3)26(30(40)44-7-2)46-28(25)33-24(37)17-45-31-35-34-23(36(31)21-10-8-9-11-22(21)42-5)16-32-27(38)19-12-14-20(41-4)15-13-19/h8-15H,6-7,16-17H2,1-5H3,(H,32,38)(H,33,37).